The Kier molecular flexibility index (Phi) is 5.60. The Morgan fingerprint density at radius 1 is 1.30 bits per heavy atom. The van der Waals surface area contributed by atoms with Crippen LogP contribution in [0.15, 0.2) is 24.3 Å². The van der Waals surface area contributed by atoms with Crippen LogP contribution in [0.2, 0.25) is 0 Å². The molecule has 0 bridgehead atoms. The van der Waals surface area contributed by atoms with Crippen molar-refractivity contribution in [3.63, 3.8) is 0 Å². The first-order valence-corrected chi connectivity index (χ1v) is 7.22. The maximum absolute atomic E-state index is 6.02. The molecule has 0 aromatic heterocycles. The Morgan fingerprint density at radius 2 is 2.05 bits per heavy atom. The van der Waals surface area contributed by atoms with Gasteiger partial charge in [-0.2, -0.15) is 0 Å². The van der Waals surface area contributed by atoms with Gasteiger partial charge in [-0.15, -0.1) is 0 Å². The maximum atomic E-state index is 6.02. The molecular weight excluding hydrogens is 250 g/mol. The molecule has 0 spiro atoms. The van der Waals surface area contributed by atoms with E-state index in [1.807, 2.05) is 12.1 Å². The van der Waals surface area contributed by atoms with E-state index in [4.69, 9.17) is 15.2 Å². The van der Waals surface area contributed by atoms with E-state index in [0.717, 1.165) is 24.0 Å². The summed E-state index contributed by atoms with van der Waals surface area (Å²) in [6.07, 6.45) is 2.79. The molecule has 1 aromatic carbocycles. The summed E-state index contributed by atoms with van der Waals surface area (Å²) in [5.41, 5.74) is 7.53. The van der Waals surface area contributed by atoms with Crippen LogP contribution in [-0.2, 0) is 16.1 Å². The fourth-order valence-electron chi connectivity index (χ4n) is 2.59. The summed E-state index contributed by atoms with van der Waals surface area (Å²) in [6.45, 7) is 5.23. The third kappa shape index (κ3) is 4.64. The molecule has 2 atom stereocenters. The number of hydrogen-bond acceptors (Lipinski definition) is 3. The van der Waals surface area contributed by atoms with Crippen molar-refractivity contribution in [1.82, 2.24) is 0 Å². The normalized spacial score (nSPS) is 25.9. The molecular formula is C17H23NO2. The van der Waals surface area contributed by atoms with Crippen LogP contribution >= 0.6 is 0 Å². The van der Waals surface area contributed by atoms with Gasteiger partial charge in [0.1, 0.15) is 0 Å². The summed E-state index contributed by atoms with van der Waals surface area (Å²) in [5, 5.41) is 0. The molecule has 1 aliphatic rings. The lowest BCUT2D eigenvalue weighted by atomic mass is 10.0. The van der Waals surface area contributed by atoms with E-state index in [9.17, 15) is 0 Å². The van der Waals surface area contributed by atoms with E-state index in [1.165, 1.54) is 0 Å². The highest BCUT2D eigenvalue weighted by atomic mass is 16.5. The van der Waals surface area contributed by atoms with Gasteiger partial charge in [0.25, 0.3) is 0 Å². The first-order valence-electron chi connectivity index (χ1n) is 7.22. The second-order valence-electron chi connectivity index (χ2n) is 5.37. The van der Waals surface area contributed by atoms with E-state index < -0.39 is 0 Å². The molecule has 0 amide bonds. The SMILES string of the molecule is CC1CC(OCc2cccc(C#CCN)c2)CC(C)O1. The van der Waals surface area contributed by atoms with Crippen molar-refractivity contribution in [3.05, 3.63) is 35.4 Å². The van der Waals surface area contributed by atoms with Gasteiger partial charge in [0, 0.05) is 5.56 Å². The lowest BCUT2D eigenvalue weighted by molar-refractivity contribution is -0.106. The van der Waals surface area contributed by atoms with Gasteiger partial charge in [-0.3, -0.25) is 0 Å². The standard InChI is InChI=1S/C17H23NO2/c1-13-9-17(10-14(2)20-13)19-12-16-6-3-5-15(11-16)7-4-8-18/h3,5-6,11,13-14,17H,8-10,12,18H2,1-2H3. The number of hydrogen-bond donors (Lipinski definition) is 1. The zero-order valence-electron chi connectivity index (χ0n) is 12.3. The maximum Gasteiger partial charge on any atom is 0.0721 e. The van der Waals surface area contributed by atoms with Crippen molar-refractivity contribution in [2.45, 2.75) is 51.6 Å². The van der Waals surface area contributed by atoms with Gasteiger partial charge in [0.15, 0.2) is 0 Å². The average molecular weight is 273 g/mol. The summed E-state index contributed by atoms with van der Waals surface area (Å²) in [7, 11) is 0. The summed E-state index contributed by atoms with van der Waals surface area (Å²) < 4.78 is 11.7. The fraction of sp³-hybridized carbons (Fsp3) is 0.529. The minimum Gasteiger partial charge on any atom is -0.375 e. The van der Waals surface area contributed by atoms with E-state index in [2.05, 4.69) is 37.8 Å². The van der Waals surface area contributed by atoms with Crippen molar-refractivity contribution in [2.24, 2.45) is 5.73 Å². The molecule has 20 heavy (non-hydrogen) atoms. The van der Waals surface area contributed by atoms with E-state index in [1.54, 1.807) is 0 Å². The van der Waals surface area contributed by atoms with Crippen molar-refractivity contribution >= 4 is 0 Å². The number of nitrogens with two attached hydrogens (primary N) is 1. The largest absolute Gasteiger partial charge is 0.375 e. The molecule has 0 aliphatic carbocycles. The molecule has 3 heteroatoms. The monoisotopic (exact) mass is 273 g/mol. The Labute approximate surface area is 121 Å². The van der Waals surface area contributed by atoms with Gasteiger partial charge < -0.3 is 15.2 Å². The smallest absolute Gasteiger partial charge is 0.0721 e. The highest BCUT2D eigenvalue weighted by Crippen LogP contribution is 2.22. The van der Waals surface area contributed by atoms with Crippen LogP contribution in [0, 0.1) is 11.8 Å². The second kappa shape index (κ2) is 7.44. The zero-order chi connectivity index (χ0) is 14.4. The highest BCUT2D eigenvalue weighted by Gasteiger charge is 2.24. The first-order chi connectivity index (χ1) is 9.67. The van der Waals surface area contributed by atoms with Crippen molar-refractivity contribution in [2.75, 3.05) is 6.54 Å². The third-order valence-electron chi connectivity index (χ3n) is 3.40. The van der Waals surface area contributed by atoms with Gasteiger partial charge >= 0.3 is 0 Å². The summed E-state index contributed by atoms with van der Waals surface area (Å²) >= 11 is 0. The van der Waals surface area contributed by atoms with Crippen molar-refractivity contribution in [1.29, 1.82) is 0 Å². The van der Waals surface area contributed by atoms with Crippen LogP contribution in [0.4, 0.5) is 0 Å². The van der Waals surface area contributed by atoms with Gasteiger partial charge in [-0.05, 0) is 44.4 Å². The Balaban J connectivity index is 1.90. The van der Waals surface area contributed by atoms with E-state index in [0.29, 0.717) is 13.2 Å². The average Bonchev–Trinajstić information content (AvgIpc) is 2.42. The van der Waals surface area contributed by atoms with Crippen LogP contribution in [0.3, 0.4) is 0 Å². The molecule has 1 fully saturated rings. The van der Waals surface area contributed by atoms with Gasteiger partial charge in [-0.1, -0.05) is 24.0 Å². The lowest BCUT2D eigenvalue weighted by Gasteiger charge is -2.32. The molecule has 1 aromatic rings. The highest BCUT2D eigenvalue weighted by molar-refractivity contribution is 5.37. The predicted octanol–water partition coefficient (Wildman–Crippen LogP) is 2.47. The lowest BCUT2D eigenvalue weighted by Crippen LogP contribution is -2.33. The molecule has 2 rings (SSSR count). The molecule has 1 aliphatic heterocycles. The molecule has 108 valence electrons. The third-order valence-corrected chi connectivity index (χ3v) is 3.40. The minimum atomic E-state index is 0.283. The van der Waals surface area contributed by atoms with Crippen LogP contribution in [-0.4, -0.2) is 24.9 Å². The molecule has 3 nitrogen and oxygen atoms in total. The predicted molar refractivity (Wildman–Crippen MR) is 80.2 cm³/mol. The van der Waals surface area contributed by atoms with Crippen molar-refractivity contribution < 1.29 is 9.47 Å². The van der Waals surface area contributed by atoms with Crippen LogP contribution in [0.5, 0.6) is 0 Å². The molecule has 2 N–H and O–H groups in total. The van der Waals surface area contributed by atoms with Gasteiger partial charge in [-0.25, -0.2) is 0 Å². The summed E-state index contributed by atoms with van der Waals surface area (Å²) in [4.78, 5) is 0. The topological polar surface area (TPSA) is 44.5 Å². The number of ether oxygens (including phenoxy) is 2. The molecule has 1 heterocycles. The fourth-order valence-corrected chi connectivity index (χ4v) is 2.59. The summed E-state index contributed by atoms with van der Waals surface area (Å²) in [6, 6.07) is 8.13. The van der Waals surface area contributed by atoms with Gasteiger partial charge in [0.05, 0.1) is 31.5 Å². The van der Waals surface area contributed by atoms with Crippen LogP contribution in [0.25, 0.3) is 0 Å². The zero-order valence-corrected chi connectivity index (χ0v) is 12.3. The van der Waals surface area contributed by atoms with E-state index in [-0.39, 0.29) is 18.3 Å². The van der Waals surface area contributed by atoms with Gasteiger partial charge in [0.2, 0.25) is 0 Å². The molecule has 1 saturated heterocycles. The number of rotatable bonds is 3. The minimum absolute atomic E-state index is 0.283. The number of benzene rings is 1. The van der Waals surface area contributed by atoms with Crippen molar-refractivity contribution in [3.8, 4) is 11.8 Å². The quantitative estimate of drug-likeness (QED) is 0.860. The Bertz CT molecular complexity index is 479. The Hall–Kier alpha value is -1.34. The first kappa shape index (κ1) is 15.1. The second-order valence-corrected chi connectivity index (χ2v) is 5.37. The molecule has 0 radical (unpaired) electrons. The van der Waals surface area contributed by atoms with E-state index >= 15 is 0 Å². The summed E-state index contributed by atoms with van der Waals surface area (Å²) in [5.74, 6) is 5.92. The van der Waals surface area contributed by atoms with Crippen LogP contribution in [0.1, 0.15) is 37.8 Å². The van der Waals surface area contributed by atoms with Crippen LogP contribution < -0.4 is 5.73 Å². The molecule has 2 unspecified atom stereocenters. The molecule has 0 saturated carbocycles. The Morgan fingerprint density at radius 3 is 2.75 bits per heavy atom.